The molecule has 0 aliphatic heterocycles. The second-order valence-corrected chi connectivity index (χ2v) is 4.17. The first-order valence-electron chi connectivity index (χ1n) is 6.14. The summed E-state index contributed by atoms with van der Waals surface area (Å²) in [6.45, 7) is 0. The Morgan fingerprint density at radius 2 is 1.76 bits per heavy atom. The van der Waals surface area contributed by atoms with Crippen LogP contribution in [0.15, 0.2) is 48.5 Å². The second kappa shape index (κ2) is 6.42. The maximum Gasteiger partial charge on any atom is 0.337 e. The molecule has 108 valence electrons. The van der Waals surface area contributed by atoms with Gasteiger partial charge in [0.1, 0.15) is 5.75 Å². The van der Waals surface area contributed by atoms with Crippen molar-refractivity contribution < 1.29 is 19.4 Å². The molecular formula is C15H14N2O4. The van der Waals surface area contributed by atoms with Gasteiger partial charge < -0.3 is 20.5 Å². The van der Waals surface area contributed by atoms with E-state index in [9.17, 15) is 14.7 Å². The fraction of sp³-hybridized carbons (Fsp3) is 0.0667. The fourth-order valence-electron chi connectivity index (χ4n) is 1.69. The number of nitrogens with one attached hydrogen (secondary N) is 2. The van der Waals surface area contributed by atoms with Crippen LogP contribution in [0, 0.1) is 0 Å². The number of hydrogen-bond donors (Lipinski definition) is 3. The van der Waals surface area contributed by atoms with Gasteiger partial charge in [0.25, 0.3) is 0 Å². The number of carbonyl (C=O) groups excluding carboxylic acids is 2. The van der Waals surface area contributed by atoms with Gasteiger partial charge in [0.2, 0.25) is 0 Å². The van der Waals surface area contributed by atoms with Crippen molar-refractivity contribution in [2.75, 3.05) is 17.7 Å². The molecule has 0 spiro atoms. The van der Waals surface area contributed by atoms with Gasteiger partial charge in [0.05, 0.1) is 18.4 Å². The van der Waals surface area contributed by atoms with E-state index in [-0.39, 0.29) is 17.0 Å². The SMILES string of the molecule is COC(=O)c1ccc(NC(=O)Nc2ccccc2)c(O)c1. The minimum Gasteiger partial charge on any atom is -0.506 e. The number of benzene rings is 2. The third kappa shape index (κ3) is 3.73. The molecule has 0 bridgehead atoms. The van der Waals surface area contributed by atoms with E-state index in [0.717, 1.165) is 0 Å². The molecule has 0 heterocycles. The van der Waals surface area contributed by atoms with Crippen LogP contribution in [0.25, 0.3) is 0 Å². The molecule has 21 heavy (non-hydrogen) atoms. The number of para-hydroxylation sites is 1. The van der Waals surface area contributed by atoms with Gasteiger partial charge in [-0.1, -0.05) is 18.2 Å². The summed E-state index contributed by atoms with van der Waals surface area (Å²) in [4.78, 5) is 23.1. The summed E-state index contributed by atoms with van der Waals surface area (Å²) in [6.07, 6.45) is 0. The van der Waals surface area contributed by atoms with Crippen LogP contribution in [0.3, 0.4) is 0 Å². The maximum absolute atomic E-state index is 11.8. The predicted molar refractivity (Wildman–Crippen MR) is 78.5 cm³/mol. The highest BCUT2D eigenvalue weighted by atomic mass is 16.5. The van der Waals surface area contributed by atoms with Crippen LogP contribution in [-0.4, -0.2) is 24.2 Å². The van der Waals surface area contributed by atoms with Gasteiger partial charge in [-0.3, -0.25) is 0 Å². The zero-order valence-electron chi connectivity index (χ0n) is 11.3. The van der Waals surface area contributed by atoms with Gasteiger partial charge in [-0.15, -0.1) is 0 Å². The molecule has 0 aliphatic rings. The first-order chi connectivity index (χ1) is 10.1. The van der Waals surface area contributed by atoms with Gasteiger partial charge in [-0.25, -0.2) is 9.59 Å². The average molecular weight is 286 g/mol. The number of aromatic hydroxyl groups is 1. The highest BCUT2D eigenvalue weighted by Gasteiger charge is 2.11. The van der Waals surface area contributed by atoms with Crippen LogP contribution in [0.5, 0.6) is 5.75 Å². The first kappa shape index (κ1) is 14.4. The lowest BCUT2D eigenvalue weighted by molar-refractivity contribution is 0.0600. The number of phenols is 1. The smallest absolute Gasteiger partial charge is 0.337 e. The molecule has 2 aromatic carbocycles. The van der Waals surface area contributed by atoms with E-state index < -0.39 is 12.0 Å². The van der Waals surface area contributed by atoms with Crippen LogP contribution in [-0.2, 0) is 4.74 Å². The monoisotopic (exact) mass is 286 g/mol. The Balaban J connectivity index is 2.06. The molecule has 2 amide bonds. The zero-order valence-corrected chi connectivity index (χ0v) is 11.3. The number of rotatable bonds is 3. The van der Waals surface area contributed by atoms with E-state index in [4.69, 9.17) is 0 Å². The van der Waals surface area contributed by atoms with E-state index in [0.29, 0.717) is 5.69 Å². The Hall–Kier alpha value is -3.02. The molecule has 3 N–H and O–H groups in total. The summed E-state index contributed by atoms with van der Waals surface area (Å²) in [5.41, 5.74) is 1.01. The van der Waals surface area contributed by atoms with Crippen molar-refractivity contribution in [1.82, 2.24) is 0 Å². The van der Waals surface area contributed by atoms with Gasteiger partial charge in [-0.2, -0.15) is 0 Å². The molecule has 0 radical (unpaired) electrons. The van der Waals surface area contributed by atoms with Crippen LogP contribution in [0.4, 0.5) is 16.2 Å². The standard InChI is InChI=1S/C15H14N2O4/c1-21-14(19)10-7-8-12(13(18)9-10)17-15(20)16-11-5-3-2-4-6-11/h2-9,18H,1H3,(H2,16,17,20). The van der Waals surface area contributed by atoms with E-state index in [1.54, 1.807) is 24.3 Å². The molecule has 0 saturated carbocycles. The number of methoxy groups -OCH3 is 1. The third-order valence-electron chi connectivity index (χ3n) is 2.70. The minimum absolute atomic E-state index is 0.191. The van der Waals surface area contributed by atoms with Crippen LogP contribution >= 0.6 is 0 Å². The summed E-state index contributed by atoms with van der Waals surface area (Å²) in [7, 11) is 1.25. The Kier molecular flexibility index (Phi) is 4.40. The van der Waals surface area contributed by atoms with Crippen molar-refractivity contribution in [2.24, 2.45) is 0 Å². The van der Waals surface area contributed by atoms with Crippen molar-refractivity contribution in [2.45, 2.75) is 0 Å². The Morgan fingerprint density at radius 3 is 2.38 bits per heavy atom. The largest absolute Gasteiger partial charge is 0.506 e. The highest BCUT2D eigenvalue weighted by molar-refractivity contribution is 6.01. The molecule has 6 nitrogen and oxygen atoms in total. The first-order valence-corrected chi connectivity index (χ1v) is 6.14. The molecule has 0 atom stereocenters. The number of hydrogen-bond acceptors (Lipinski definition) is 4. The molecule has 2 aromatic rings. The maximum atomic E-state index is 11.8. The van der Waals surface area contributed by atoms with Crippen molar-refractivity contribution >= 4 is 23.4 Å². The highest BCUT2D eigenvalue weighted by Crippen LogP contribution is 2.24. The number of anilines is 2. The van der Waals surface area contributed by atoms with E-state index in [2.05, 4.69) is 15.4 Å². The van der Waals surface area contributed by atoms with Crippen molar-refractivity contribution in [3.05, 3.63) is 54.1 Å². The third-order valence-corrected chi connectivity index (χ3v) is 2.70. The number of carbonyl (C=O) groups is 2. The van der Waals surface area contributed by atoms with E-state index in [1.165, 1.54) is 25.3 Å². The summed E-state index contributed by atoms with van der Waals surface area (Å²) < 4.78 is 4.54. The van der Waals surface area contributed by atoms with Gasteiger partial charge in [0.15, 0.2) is 0 Å². The number of urea groups is 1. The lowest BCUT2D eigenvalue weighted by Crippen LogP contribution is -2.19. The van der Waals surface area contributed by atoms with Crippen molar-refractivity contribution in [3.8, 4) is 5.75 Å². The van der Waals surface area contributed by atoms with Crippen LogP contribution < -0.4 is 10.6 Å². The molecule has 6 heteroatoms. The second-order valence-electron chi connectivity index (χ2n) is 4.17. The zero-order chi connectivity index (χ0) is 15.2. The number of phenolic OH excluding ortho intramolecular Hbond substituents is 1. The normalized spacial score (nSPS) is 9.76. The van der Waals surface area contributed by atoms with Gasteiger partial charge in [-0.05, 0) is 30.3 Å². The number of ether oxygens (including phenoxy) is 1. The number of esters is 1. The predicted octanol–water partition coefficient (Wildman–Crippen LogP) is 2.82. The fourth-order valence-corrected chi connectivity index (χ4v) is 1.69. The molecule has 0 saturated heterocycles. The lowest BCUT2D eigenvalue weighted by Gasteiger charge is -2.09. The summed E-state index contributed by atoms with van der Waals surface area (Å²) in [5, 5.41) is 14.9. The summed E-state index contributed by atoms with van der Waals surface area (Å²) in [5.74, 6) is -0.785. The lowest BCUT2D eigenvalue weighted by atomic mass is 10.2. The molecule has 0 aliphatic carbocycles. The topological polar surface area (TPSA) is 87.7 Å². The molecule has 0 aromatic heterocycles. The van der Waals surface area contributed by atoms with Crippen molar-refractivity contribution in [3.63, 3.8) is 0 Å². The Morgan fingerprint density at radius 1 is 1.05 bits per heavy atom. The van der Waals surface area contributed by atoms with Crippen LogP contribution in [0.1, 0.15) is 10.4 Å². The molecule has 2 rings (SSSR count). The van der Waals surface area contributed by atoms with Gasteiger partial charge in [0, 0.05) is 5.69 Å². The Bertz CT molecular complexity index is 656. The summed E-state index contributed by atoms with van der Waals surface area (Å²) in [6, 6.07) is 12.5. The quantitative estimate of drug-likeness (QED) is 0.598. The van der Waals surface area contributed by atoms with E-state index >= 15 is 0 Å². The van der Waals surface area contributed by atoms with E-state index in [1.807, 2.05) is 6.07 Å². The van der Waals surface area contributed by atoms with Crippen LogP contribution in [0.2, 0.25) is 0 Å². The Labute approximate surface area is 121 Å². The average Bonchev–Trinajstić information content (AvgIpc) is 2.49. The molecule has 0 fully saturated rings. The number of amides is 2. The summed E-state index contributed by atoms with van der Waals surface area (Å²) >= 11 is 0. The molecule has 0 unspecified atom stereocenters. The van der Waals surface area contributed by atoms with Gasteiger partial charge >= 0.3 is 12.0 Å². The van der Waals surface area contributed by atoms with Crippen molar-refractivity contribution in [1.29, 1.82) is 0 Å². The minimum atomic E-state index is -0.564. The molecular weight excluding hydrogens is 272 g/mol.